The number of furan rings is 1. The van der Waals surface area contributed by atoms with E-state index in [0.717, 1.165) is 11.8 Å². The van der Waals surface area contributed by atoms with Gasteiger partial charge < -0.3 is 44.5 Å². The molecule has 21 nitrogen and oxygen atoms in total. The van der Waals surface area contributed by atoms with Crippen molar-refractivity contribution in [2.75, 3.05) is 51.8 Å². The Hall–Kier alpha value is -6.71. The highest BCUT2D eigenvalue weighted by Crippen LogP contribution is 2.38. The first-order chi connectivity index (χ1) is 32.0. The molecule has 4 N–H and O–H groups in total. The first-order valence-corrected chi connectivity index (χ1v) is 22.5. The maximum absolute atomic E-state index is 13.4. The summed E-state index contributed by atoms with van der Waals surface area (Å²) in [6, 6.07) is 10.6. The van der Waals surface area contributed by atoms with Crippen molar-refractivity contribution in [3.63, 3.8) is 0 Å². The van der Waals surface area contributed by atoms with Crippen molar-refractivity contribution >= 4 is 45.6 Å². The van der Waals surface area contributed by atoms with Gasteiger partial charge in [-0.05, 0) is 98.6 Å². The number of nitro benzene ring substituents is 2. The molecule has 1 aliphatic rings. The maximum Gasteiger partial charge on any atom is 0.299 e. The standard InChI is InChI=1S/C47H62N10O11/c1-44(2,51-35-13-10-31(56(61)62)24-36(35)57(63)64)16-22-66-46(5,6)25-30-29-55(53-52-30)45(3,4)17-23-67-47(7,8)26-39(58)49-27-32-11-14-37(68-32)33-12-15-38(65-9)40-34(28-50-41(33)40)42(59)43(60)54-20-18-48-19-21-54/h10-15,24,28-29,48,50-51H,16-23,25-27H2,1-9H3,(H,49,58). The van der Waals surface area contributed by atoms with E-state index in [4.69, 9.17) is 18.6 Å². The fourth-order valence-corrected chi connectivity index (χ4v) is 7.96. The number of Topliss-reactive ketones (excluding diaryl/α,β-unsaturated/α-hetero) is 1. The lowest BCUT2D eigenvalue weighted by atomic mass is 9.99. The van der Waals surface area contributed by atoms with Crippen LogP contribution in [0.15, 0.2) is 59.3 Å². The lowest BCUT2D eigenvalue weighted by Crippen LogP contribution is -2.48. The number of ether oxygens (including phenoxy) is 3. The zero-order chi connectivity index (χ0) is 49.6. The molecular formula is C47H62N10O11. The van der Waals surface area contributed by atoms with Gasteiger partial charge in [0, 0.05) is 75.4 Å². The van der Waals surface area contributed by atoms with Gasteiger partial charge in [-0.1, -0.05) is 5.21 Å². The van der Waals surface area contributed by atoms with Gasteiger partial charge in [-0.3, -0.25) is 34.6 Å². The molecule has 2 aromatic carbocycles. The van der Waals surface area contributed by atoms with Crippen LogP contribution in [0.1, 0.15) is 96.5 Å². The number of carbonyl (C=O) groups excluding carboxylic acids is 3. The van der Waals surface area contributed by atoms with E-state index >= 15 is 0 Å². The predicted octanol–water partition coefficient (Wildman–Crippen LogP) is 6.70. The average molecular weight is 943 g/mol. The topological polar surface area (TPSA) is 264 Å². The number of aromatic nitrogens is 4. The van der Waals surface area contributed by atoms with Crippen LogP contribution in [0.25, 0.3) is 22.2 Å². The number of benzene rings is 2. The van der Waals surface area contributed by atoms with E-state index in [1.54, 1.807) is 27.8 Å². The number of piperazine rings is 1. The van der Waals surface area contributed by atoms with Crippen LogP contribution in [-0.2, 0) is 37.6 Å². The van der Waals surface area contributed by atoms with Gasteiger partial charge in [0.2, 0.25) is 5.91 Å². The minimum Gasteiger partial charge on any atom is -0.496 e. The van der Waals surface area contributed by atoms with Crippen LogP contribution in [-0.4, -0.2) is 116 Å². The lowest BCUT2D eigenvalue weighted by molar-refractivity contribution is -0.393. The molecule has 0 spiro atoms. The number of anilines is 1. The summed E-state index contributed by atoms with van der Waals surface area (Å²) in [6.07, 6.45) is 5.02. The van der Waals surface area contributed by atoms with Crippen LogP contribution in [0.5, 0.6) is 5.75 Å². The molecule has 1 aliphatic heterocycles. The minimum absolute atomic E-state index is 0.0960. The second-order valence-corrected chi connectivity index (χ2v) is 19.4. The third-order valence-electron chi connectivity index (χ3n) is 11.9. The number of hydrogen-bond acceptors (Lipinski definition) is 15. The molecule has 21 heteroatoms. The second kappa shape index (κ2) is 20.7. The number of nitrogens with zero attached hydrogens (tertiary/aromatic N) is 6. The van der Waals surface area contributed by atoms with E-state index in [-0.39, 0.29) is 41.5 Å². The summed E-state index contributed by atoms with van der Waals surface area (Å²) in [7, 11) is 1.51. The third kappa shape index (κ3) is 12.6. The number of nitrogens with one attached hydrogen (secondary N) is 4. The van der Waals surface area contributed by atoms with Crippen molar-refractivity contribution in [2.24, 2.45) is 0 Å². The number of non-ortho nitro benzene ring substituents is 1. The number of H-pyrrole nitrogens is 1. The van der Waals surface area contributed by atoms with Gasteiger partial charge in [-0.2, -0.15) is 0 Å². The molecule has 2 amide bonds. The number of rotatable bonds is 23. The fourth-order valence-electron chi connectivity index (χ4n) is 7.96. The van der Waals surface area contributed by atoms with Gasteiger partial charge in [0.15, 0.2) is 0 Å². The summed E-state index contributed by atoms with van der Waals surface area (Å²) in [6.45, 7) is 18.4. The first kappa shape index (κ1) is 50.7. The number of aromatic amines is 1. The van der Waals surface area contributed by atoms with Gasteiger partial charge in [-0.15, -0.1) is 5.10 Å². The van der Waals surface area contributed by atoms with Crippen LogP contribution in [0, 0.1) is 20.2 Å². The molecule has 1 saturated heterocycles. The Balaban J connectivity index is 0.955. The molecular weight excluding hydrogens is 881 g/mol. The second-order valence-electron chi connectivity index (χ2n) is 19.4. The van der Waals surface area contributed by atoms with Crippen LogP contribution in [0.3, 0.4) is 0 Å². The van der Waals surface area contributed by atoms with Gasteiger partial charge in [-0.25, -0.2) is 4.68 Å². The number of amides is 2. The molecule has 5 aromatic rings. The zero-order valence-corrected chi connectivity index (χ0v) is 40.1. The summed E-state index contributed by atoms with van der Waals surface area (Å²) in [5.41, 5.74) is -0.893. The van der Waals surface area contributed by atoms with Crippen LogP contribution >= 0.6 is 0 Å². The monoisotopic (exact) mass is 942 g/mol. The van der Waals surface area contributed by atoms with E-state index in [0.29, 0.717) is 92.4 Å². The SMILES string of the molecule is COc1ccc(-c2ccc(CNC(=O)CC(C)(C)OCCC(C)(C)n3cc(CC(C)(C)OCCC(C)(C)Nc4ccc([N+](=O)[O-])cc4[N+](=O)[O-])nn3)o2)c2[nH]cc(C(=O)C(=O)N3CCNCC3)c12. The number of methoxy groups -OCH3 is 1. The van der Waals surface area contributed by atoms with E-state index in [1.807, 2.05) is 67.7 Å². The third-order valence-corrected chi connectivity index (χ3v) is 11.9. The molecule has 68 heavy (non-hydrogen) atoms. The van der Waals surface area contributed by atoms with E-state index in [9.17, 15) is 34.6 Å². The van der Waals surface area contributed by atoms with E-state index < -0.39 is 43.8 Å². The Labute approximate surface area is 393 Å². The Bertz CT molecular complexity index is 2640. The van der Waals surface area contributed by atoms with Crippen molar-refractivity contribution < 1.29 is 42.9 Å². The van der Waals surface area contributed by atoms with Gasteiger partial charge >= 0.3 is 0 Å². The maximum atomic E-state index is 13.4. The quantitative estimate of drug-likeness (QED) is 0.0230. The molecule has 366 valence electrons. The van der Waals surface area contributed by atoms with Crippen molar-refractivity contribution in [1.82, 2.24) is 35.5 Å². The molecule has 3 aromatic heterocycles. The minimum atomic E-state index is -0.784. The van der Waals surface area contributed by atoms with Crippen molar-refractivity contribution in [2.45, 2.75) is 110 Å². The molecule has 0 aliphatic carbocycles. The highest BCUT2D eigenvalue weighted by molar-refractivity contribution is 6.45. The van der Waals surface area contributed by atoms with Crippen LogP contribution in [0.4, 0.5) is 17.1 Å². The van der Waals surface area contributed by atoms with Crippen molar-refractivity contribution in [3.05, 3.63) is 92.1 Å². The molecule has 0 saturated carbocycles. The molecule has 0 bridgehead atoms. The van der Waals surface area contributed by atoms with E-state index in [2.05, 4.69) is 31.2 Å². The number of fused-ring (bicyclic) bond motifs is 1. The lowest BCUT2D eigenvalue weighted by Gasteiger charge is -2.30. The van der Waals surface area contributed by atoms with Crippen LogP contribution < -0.4 is 20.7 Å². The smallest absolute Gasteiger partial charge is 0.299 e. The molecule has 0 atom stereocenters. The number of nitro groups is 2. The fraction of sp³-hybridized carbons (Fsp3) is 0.511. The van der Waals surface area contributed by atoms with Gasteiger partial charge in [0.25, 0.3) is 23.1 Å². The highest BCUT2D eigenvalue weighted by atomic mass is 16.6. The highest BCUT2D eigenvalue weighted by Gasteiger charge is 2.32. The van der Waals surface area contributed by atoms with Crippen LogP contribution in [0.2, 0.25) is 0 Å². The summed E-state index contributed by atoms with van der Waals surface area (Å²) in [4.78, 5) is 65.8. The van der Waals surface area contributed by atoms with Gasteiger partial charge in [0.1, 0.15) is 23.0 Å². The van der Waals surface area contributed by atoms with E-state index in [1.165, 1.54) is 25.4 Å². The number of carbonyl (C=O) groups is 3. The Kier molecular flexibility index (Phi) is 15.4. The molecule has 1 fully saturated rings. The summed E-state index contributed by atoms with van der Waals surface area (Å²) >= 11 is 0. The molecule has 0 unspecified atom stereocenters. The summed E-state index contributed by atoms with van der Waals surface area (Å²) in [5.74, 6) is 0.0633. The zero-order valence-electron chi connectivity index (χ0n) is 40.1. The summed E-state index contributed by atoms with van der Waals surface area (Å²) < 4.78 is 26.0. The van der Waals surface area contributed by atoms with Crippen molar-refractivity contribution in [1.29, 1.82) is 0 Å². The predicted molar refractivity (Wildman–Crippen MR) is 253 cm³/mol. The first-order valence-electron chi connectivity index (χ1n) is 22.5. The average Bonchev–Trinajstić information content (AvgIpc) is 4.06. The van der Waals surface area contributed by atoms with Gasteiger partial charge in [0.05, 0.1) is 74.9 Å². The summed E-state index contributed by atoms with van der Waals surface area (Å²) in [5, 5.41) is 41.3. The number of hydrogen-bond donors (Lipinski definition) is 4. The number of ketones is 1. The Morgan fingerprint density at radius 2 is 1.60 bits per heavy atom. The Morgan fingerprint density at radius 3 is 2.29 bits per heavy atom. The molecule has 4 heterocycles. The Morgan fingerprint density at radius 1 is 0.897 bits per heavy atom. The molecule has 0 radical (unpaired) electrons. The molecule has 6 rings (SSSR count). The normalized spacial score (nSPS) is 13.7. The van der Waals surface area contributed by atoms with Crippen molar-refractivity contribution in [3.8, 4) is 17.1 Å². The largest absolute Gasteiger partial charge is 0.496 e.